The van der Waals surface area contributed by atoms with Crippen LogP contribution >= 0.6 is 0 Å². The normalized spacial score (nSPS) is 11.1. The average Bonchev–Trinajstić information content (AvgIpc) is 2.82. The first-order chi connectivity index (χ1) is 16.3. The van der Waals surface area contributed by atoms with E-state index in [1.165, 1.54) is 50.5 Å². The van der Waals surface area contributed by atoms with Crippen LogP contribution in [0.3, 0.4) is 0 Å². The largest absolute Gasteiger partial charge is 1.00 e. The third-order valence-electron chi connectivity index (χ3n) is 6.25. The number of benzene rings is 1. The van der Waals surface area contributed by atoms with Gasteiger partial charge in [0.25, 0.3) is 0 Å². The number of ether oxygens (including phenoxy) is 1. The molecule has 35 heavy (non-hydrogen) atoms. The average molecular weight is 595 g/mol. The highest BCUT2D eigenvalue weighted by molar-refractivity contribution is 5.78. The zero-order chi connectivity index (χ0) is 24.8. The molecule has 0 atom stereocenters. The van der Waals surface area contributed by atoms with Crippen LogP contribution in [0.1, 0.15) is 103 Å². The van der Waals surface area contributed by atoms with E-state index < -0.39 is 0 Å². The van der Waals surface area contributed by atoms with Crippen LogP contribution in [0.4, 0.5) is 0 Å². The summed E-state index contributed by atoms with van der Waals surface area (Å²) in [6.07, 6.45) is 14.9. The lowest BCUT2D eigenvalue weighted by Crippen LogP contribution is -3.00. The quantitative estimate of drug-likeness (QED) is 0.194. The highest BCUT2D eigenvalue weighted by atomic mass is 127. The van der Waals surface area contributed by atoms with Crippen molar-refractivity contribution >= 4 is 5.91 Å². The number of hydrogen-bond donors (Lipinski definition) is 1. The summed E-state index contributed by atoms with van der Waals surface area (Å²) in [6, 6.07) is 10.3. The number of pyridine rings is 1. The fourth-order valence-electron chi connectivity index (χ4n) is 4.14. The number of amides is 1. The third-order valence-corrected chi connectivity index (χ3v) is 6.25. The van der Waals surface area contributed by atoms with Gasteiger partial charge in [0, 0.05) is 18.2 Å². The first-order valence-electron chi connectivity index (χ1n) is 13.3. The Bertz CT molecular complexity index is 877. The number of aryl methyl sites for hydroxylation is 1. The molecule has 1 aromatic heterocycles. The highest BCUT2D eigenvalue weighted by Crippen LogP contribution is 2.32. The number of unbranched alkanes of at least 4 members (excludes halogenated alkanes) is 7. The summed E-state index contributed by atoms with van der Waals surface area (Å²) in [5.41, 5.74) is 3.26. The van der Waals surface area contributed by atoms with Gasteiger partial charge in [-0.25, -0.2) is 4.57 Å². The molecular formula is C30H47IN2O2. The van der Waals surface area contributed by atoms with Crippen LogP contribution in [-0.2, 0) is 29.7 Å². The smallest absolute Gasteiger partial charge is 0.224 e. The van der Waals surface area contributed by atoms with Crippen molar-refractivity contribution in [2.45, 2.75) is 111 Å². The van der Waals surface area contributed by atoms with Crippen molar-refractivity contribution in [2.75, 3.05) is 6.61 Å². The number of carbonyl (C=O) groups excluding carboxylic acids is 1. The molecule has 0 unspecified atom stereocenters. The maximum Gasteiger partial charge on any atom is 0.224 e. The number of rotatable bonds is 15. The molecule has 0 saturated carbocycles. The topological polar surface area (TPSA) is 42.2 Å². The second kappa shape index (κ2) is 16.9. The van der Waals surface area contributed by atoms with Crippen LogP contribution in [-0.4, -0.2) is 12.5 Å². The van der Waals surface area contributed by atoms with Crippen LogP contribution in [0.5, 0.6) is 5.75 Å². The van der Waals surface area contributed by atoms with Gasteiger partial charge in [0.05, 0.1) is 13.0 Å². The van der Waals surface area contributed by atoms with Gasteiger partial charge in [-0.3, -0.25) is 4.79 Å². The van der Waals surface area contributed by atoms with Gasteiger partial charge in [0.15, 0.2) is 12.4 Å². The molecule has 0 aliphatic rings. The maximum absolute atomic E-state index is 12.6. The summed E-state index contributed by atoms with van der Waals surface area (Å²) >= 11 is 0. The van der Waals surface area contributed by atoms with Crippen molar-refractivity contribution in [3.8, 4) is 5.75 Å². The van der Waals surface area contributed by atoms with Crippen LogP contribution in [0.25, 0.3) is 0 Å². The first kappa shape index (κ1) is 31.4. The van der Waals surface area contributed by atoms with E-state index in [1.54, 1.807) is 0 Å². The van der Waals surface area contributed by atoms with Crippen LogP contribution < -0.4 is 38.6 Å². The standard InChI is InChI=1S/C30H46N2O2.HI/c1-6-8-9-10-11-12-13-14-20-34-28-18-17-25(21-27(28)30(3,4)5)22-29(33)31-23-26-16-15-19-32(7-2)24-26;/h15-19,21,24H,6-14,20,22-23H2,1-5H3;1H. The number of nitrogens with zero attached hydrogens (tertiary/aromatic N) is 1. The summed E-state index contributed by atoms with van der Waals surface area (Å²) in [5.74, 6) is 0.993. The molecule has 0 bridgehead atoms. The van der Waals surface area contributed by atoms with Gasteiger partial charge in [-0.05, 0) is 42.0 Å². The van der Waals surface area contributed by atoms with Crippen molar-refractivity contribution in [3.63, 3.8) is 0 Å². The van der Waals surface area contributed by atoms with Gasteiger partial charge >= 0.3 is 0 Å². The van der Waals surface area contributed by atoms with E-state index in [2.05, 4.69) is 62.8 Å². The van der Waals surface area contributed by atoms with Crippen molar-refractivity contribution in [1.82, 2.24) is 5.32 Å². The van der Waals surface area contributed by atoms with E-state index in [1.807, 2.05) is 24.4 Å². The van der Waals surface area contributed by atoms with Crippen molar-refractivity contribution in [2.24, 2.45) is 0 Å². The maximum atomic E-state index is 12.6. The number of halogens is 1. The minimum atomic E-state index is -0.0427. The zero-order valence-electron chi connectivity index (χ0n) is 22.7. The van der Waals surface area contributed by atoms with Gasteiger partial charge < -0.3 is 34.0 Å². The summed E-state index contributed by atoms with van der Waals surface area (Å²) in [6.45, 7) is 13.2. The lowest BCUT2D eigenvalue weighted by molar-refractivity contribution is -0.694. The Kier molecular flexibility index (Phi) is 15.2. The van der Waals surface area contributed by atoms with E-state index in [4.69, 9.17) is 4.74 Å². The number of hydrogen-bond acceptors (Lipinski definition) is 2. The molecule has 0 radical (unpaired) electrons. The van der Waals surface area contributed by atoms with Gasteiger partial charge in [-0.15, -0.1) is 0 Å². The fraction of sp³-hybridized carbons (Fsp3) is 0.600. The predicted octanol–water partition coefficient (Wildman–Crippen LogP) is 3.67. The molecule has 1 N–H and O–H groups in total. The fourth-order valence-corrected chi connectivity index (χ4v) is 4.14. The minimum absolute atomic E-state index is 0. The summed E-state index contributed by atoms with van der Waals surface area (Å²) < 4.78 is 8.31. The molecule has 0 spiro atoms. The van der Waals surface area contributed by atoms with Crippen molar-refractivity contribution < 1.29 is 38.1 Å². The molecule has 0 saturated heterocycles. The van der Waals surface area contributed by atoms with Crippen LogP contribution in [0.2, 0.25) is 0 Å². The SMILES string of the molecule is CCCCCCCCCCOc1ccc(CC(=O)NCc2ccc[n+](CC)c2)cc1C(C)(C)C.[I-]. The molecule has 2 rings (SSSR count). The summed E-state index contributed by atoms with van der Waals surface area (Å²) in [7, 11) is 0. The Morgan fingerprint density at radius 1 is 0.943 bits per heavy atom. The zero-order valence-corrected chi connectivity index (χ0v) is 24.8. The van der Waals surface area contributed by atoms with Crippen molar-refractivity contribution in [3.05, 3.63) is 59.4 Å². The van der Waals surface area contributed by atoms with Gasteiger partial charge in [0.2, 0.25) is 5.91 Å². The highest BCUT2D eigenvalue weighted by Gasteiger charge is 2.20. The molecule has 4 nitrogen and oxygen atoms in total. The third kappa shape index (κ3) is 12.2. The molecule has 0 aliphatic carbocycles. The Morgan fingerprint density at radius 2 is 1.63 bits per heavy atom. The molecule has 1 aromatic carbocycles. The Labute approximate surface area is 231 Å². The molecule has 1 heterocycles. The lowest BCUT2D eigenvalue weighted by atomic mass is 9.85. The van der Waals surface area contributed by atoms with E-state index in [9.17, 15) is 4.79 Å². The Morgan fingerprint density at radius 3 is 2.29 bits per heavy atom. The molecule has 1 amide bonds. The molecule has 196 valence electrons. The number of carbonyl (C=O) groups is 1. The molecule has 5 heteroatoms. The summed E-state index contributed by atoms with van der Waals surface area (Å²) in [4.78, 5) is 12.6. The van der Waals surface area contributed by atoms with Crippen LogP contribution in [0.15, 0.2) is 42.7 Å². The van der Waals surface area contributed by atoms with Crippen molar-refractivity contribution in [1.29, 1.82) is 0 Å². The van der Waals surface area contributed by atoms with E-state index in [0.717, 1.165) is 36.4 Å². The van der Waals surface area contributed by atoms with E-state index >= 15 is 0 Å². The number of aromatic nitrogens is 1. The molecule has 2 aromatic rings. The van der Waals surface area contributed by atoms with Gasteiger partial charge in [-0.1, -0.05) is 84.8 Å². The molecular weight excluding hydrogens is 547 g/mol. The second-order valence-electron chi connectivity index (χ2n) is 10.4. The first-order valence-corrected chi connectivity index (χ1v) is 13.3. The summed E-state index contributed by atoms with van der Waals surface area (Å²) in [5, 5.41) is 3.06. The van der Waals surface area contributed by atoms with E-state index in [0.29, 0.717) is 13.0 Å². The van der Waals surface area contributed by atoms with E-state index in [-0.39, 0.29) is 35.3 Å². The van der Waals surface area contributed by atoms with Gasteiger partial charge in [-0.2, -0.15) is 0 Å². The second-order valence-corrected chi connectivity index (χ2v) is 10.4. The Hall–Kier alpha value is -1.63. The molecule has 0 aliphatic heterocycles. The predicted molar refractivity (Wildman–Crippen MR) is 141 cm³/mol. The monoisotopic (exact) mass is 594 g/mol. The minimum Gasteiger partial charge on any atom is -1.00 e. The lowest BCUT2D eigenvalue weighted by Gasteiger charge is -2.24. The molecule has 0 fully saturated rings. The van der Waals surface area contributed by atoms with Gasteiger partial charge in [0.1, 0.15) is 12.3 Å². The Balaban J connectivity index is 0.00000612. The van der Waals surface area contributed by atoms with Crippen LogP contribution in [0, 0.1) is 0 Å². The number of nitrogens with one attached hydrogen (secondary N) is 1.